The minimum Gasteiger partial charge on any atom is -0.366 e. The lowest BCUT2D eigenvalue weighted by Crippen LogP contribution is -2.32. The van der Waals surface area contributed by atoms with Gasteiger partial charge in [-0.1, -0.05) is 42.8 Å². The Morgan fingerprint density at radius 3 is 2.62 bits per heavy atom. The third kappa shape index (κ3) is 3.12. The number of hydrogen-bond acceptors (Lipinski definition) is 3. The number of amides is 2. The van der Waals surface area contributed by atoms with E-state index in [1.54, 1.807) is 0 Å². The van der Waals surface area contributed by atoms with Crippen molar-refractivity contribution in [3.05, 3.63) is 63.9 Å². The summed E-state index contributed by atoms with van der Waals surface area (Å²) in [5, 5.41) is 3.11. The quantitative estimate of drug-likeness (QED) is 0.897. The van der Waals surface area contributed by atoms with Crippen LogP contribution in [-0.2, 0) is 0 Å². The number of nitrogens with one attached hydrogen (secondary N) is 1. The normalized spacial score (nSPS) is 19.4. The van der Waals surface area contributed by atoms with Gasteiger partial charge in [0.2, 0.25) is 5.91 Å². The Kier molecular flexibility index (Phi) is 4.53. The second kappa shape index (κ2) is 6.61. The molecule has 1 heterocycles. The van der Waals surface area contributed by atoms with Crippen LogP contribution in [-0.4, -0.2) is 16.8 Å². The molecule has 24 heavy (non-hydrogen) atoms. The van der Waals surface area contributed by atoms with Crippen molar-refractivity contribution < 1.29 is 9.59 Å². The zero-order chi connectivity index (χ0) is 17.3. The molecule has 2 amide bonds. The van der Waals surface area contributed by atoms with Gasteiger partial charge in [-0.2, -0.15) is 0 Å². The van der Waals surface area contributed by atoms with E-state index < -0.39 is 5.91 Å². The predicted octanol–water partition coefficient (Wildman–Crippen LogP) is 3.20. The number of nitrogens with two attached hydrogens (primary N) is 1. The number of halogens is 1. The third-order valence-electron chi connectivity index (χ3n) is 4.44. The van der Waals surface area contributed by atoms with E-state index in [0.717, 1.165) is 18.4 Å². The number of benzene rings is 1. The Bertz CT molecular complexity index is 807. The number of nitrogens with zero attached hydrogens (tertiary/aromatic N) is 1. The van der Waals surface area contributed by atoms with Crippen molar-refractivity contribution in [1.82, 2.24) is 10.3 Å². The number of carbonyl (C=O) groups excluding carboxylic acids is 2. The third-order valence-corrected chi connectivity index (χ3v) is 4.72. The second-order valence-electron chi connectivity index (χ2n) is 6.05. The Balaban J connectivity index is 1.83. The first-order valence-corrected chi connectivity index (χ1v) is 8.20. The Morgan fingerprint density at radius 2 is 1.96 bits per heavy atom. The van der Waals surface area contributed by atoms with E-state index in [1.807, 2.05) is 18.2 Å². The molecule has 0 radical (unpaired) electrons. The van der Waals surface area contributed by atoms with Crippen LogP contribution in [0.5, 0.6) is 0 Å². The topological polar surface area (TPSA) is 85.1 Å². The lowest BCUT2D eigenvalue weighted by molar-refractivity contribution is 0.0924. The number of rotatable bonds is 3. The molecule has 0 fully saturated rings. The van der Waals surface area contributed by atoms with Crippen LogP contribution in [0.15, 0.2) is 36.5 Å². The second-order valence-corrected chi connectivity index (χ2v) is 6.46. The van der Waals surface area contributed by atoms with Crippen molar-refractivity contribution in [3.63, 3.8) is 0 Å². The summed E-state index contributed by atoms with van der Waals surface area (Å²) in [4.78, 5) is 27.7. The number of primary amides is 1. The SMILES string of the molecule is CC1CCC(NC(=O)c2ncc(C(N)=O)cc2Cl)c2ccccc21. The molecule has 124 valence electrons. The maximum Gasteiger partial charge on any atom is 0.271 e. The van der Waals surface area contributed by atoms with E-state index in [-0.39, 0.29) is 28.2 Å². The van der Waals surface area contributed by atoms with E-state index in [1.165, 1.54) is 17.8 Å². The number of hydrogen-bond donors (Lipinski definition) is 2. The van der Waals surface area contributed by atoms with Gasteiger partial charge >= 0.3 is 0 Å². The van der Waals surface area contributed by atoms with Crippen LogP contribution in [0.25, 0.3) is 0 Å². The molecule has 1 aromatic heterocycles. The molecular weight excluding hydrogens is 326 g/mol. The van der Waals surface area contributed by atoms with Crippen molar-refractivity contribution in [2.24, 2.45) is 5.73 Å². The maximum atomic E-state index is 12.5. The van der Waals surface area contributed by atoms with Crippen LogP contribution in [0.2, 0.25) is 5.02 Å². The first-order chi connectivity index (χ1) is 11.5. The lowest BCUT2D eigenvalue weighted by Gasteiger charge is -2.30. The molecule has 0 spiro atoms. The minimum atomic E-state index is -0.633. The van der Waals surface area contributed by atoms with Crippen molar-refractivity contribution in [2.45, 2.75) is 31.7 Å². The highest BCUT2D eigenvalue weighted by atomic mass is 35.5. The summed E-state index contributed by atoms with van der Waals surface area (Å²) >= 11 is 6.08. The summed E-state index contributed by atoms with van der Waals surface area (Å²) in [5.41, 5.74) is 7.85. The van der Waals surface area contributed by atoms with E-state index in [0.29, 0.717) is 5.92 Å². The van der Waals surface area contributed by atoms with Gasteiger partial charge in [0, 0.05) is 6.20 Å². The first-order valence-electron chi connectivity index (χ1n) is 7.82. The van der Waals surface area contributed by atoms with Crippen LogP contribution in [0.4, 0.5) is 0 Å². The summed E-state index contributed by atoms with van der Waals surface area (Å²) in [5.74, 6) is -0.511. The van der Waals surface area contributed by atoms with Gasteiger partial charge in [-0.05, 0) is 36.0 Å². The zero-order valence-electron chi connectivity index (χ0n) is 13.3. The fourth-order valence-corrected chi connectivity index (χ4v) is 3.37. The van der Waals surface area contributed by atoms with E-state index in [2.05, 4.69) is 23.3 Å². The zero-order valence-corrected chi connectivity index (χ0v) is 14.0. The molecule has 2 unspecified atom stereocenters. The van der Waals surface area contributed by atoms with Gasteiger partial charge in [-0.15, -0.1) is 0 Å². The smallest absolute Gasteiger partial charge is 0.271 e. The molecule has 3 N–H and O–H groups in total. The van der Waals surface area contributed by atoms with E-state index >= 15 is 0 Å². The Labute approximate surface area is 145 Å². The van der Waals surface area contributed by atoms with Crippen LogP contribution >= 0.6 is 11.6 Å². The number of carbonyl (C=O) groups is 2. The van der Waals surface area contributed by atoms with Crippen molar-refractivity contribution >= 4 is 23.4 Å². The van der Waals surface area contributed by atoms with Crippen LogP contribution in [0.3, 0.4) is 0 Å². The molecule has 1 aliphatic rings. The standard InChI is InChI=1S/C18H18ClN3O2/c1-10-6-7-15(13-5-3-2-4-12(10)13)22-18(24)16-14(19)8-11(9-21-16)17(20)23/h2-5,8-10,15H,6-7H2,1H3,(H2,20,23)(H,22,24). The van der Waals surface area contributed by atoms with Gasteiger partial charge in [-0.3, -0.25) is 9.59 Å². The fourth-order valence-electron chi connectivity index (χ4n) is 3.12. The molecular formula is C18H18ClN3O2. The van der Waals surface area contributed by atoms with Crippen molar-refractivity contribution in [2.75, 3.05) is 0 Å². The molecule has 1 aliphatic carbocycles. The van der Waals surface area contributed by atoms with Gasteiger partial charge in [0.1, 0.15) is 5.69 Å². The van der Waals surface area contributed by atoms with Crippen LogP contribution < -0.4 is 11.1 Å². The van der Waals surface area contributed by atoms with Crippen LogP contribution in [0.1, 0.15) is 63.7 Å². The molecule has 2 atom stereocenters. The van der Waals surface area contributed by atoms with Gasteiger partial charge in [0.15, 0.2) is 0 Å². The highest BCUT2D eigenvalue weighted by molar-refractivity contribution is 6.33. The molecule has 0 bridgehead atoms. The molecule has 5 nitrogen and oxygen atoms in total. The predicted molar refractivity (Wildman–Crippen MR) is 92.1 cm³/mol. The number of fused-ring (bicyclic) bond motifs is 1. The molecule has 1 aromatic carbocycles. The van der Waals surface area contributed by atoms with Crippen LogP contribution in [0, 0.1) is 0 Å². The lowest BCUT2D eigenvalue weighted by atomic mass is 9.81. The fraction of sp³-hybridized carbons (Fsp3) is 0.278. The van der Waals surface area contributed by atoms with Crippen molar-refractivity contribution in [3.8, 4) is 0 Å². The first kappa shape index (κ1) is 16.5. The van der Waals surface area contributed by atoms with E-state index in [9.17, 15) is 9.59 Å². The number of pyridine rings is 1. The maximum absolute atomic E-state index is 12.5. The monoisotopic (exact) mass is 343 g/mol. The van der Waals surface area contributed by atoms with Gasteiger partial charge in [0.05, 0.1) is 16.6 Å². The summed E-state index contributed by atoms with van der Waals surface area (Å²) in [6.07, 6.45) is 3.13. The highest BCUT2D eigenvalue weighted by Gasteiger charge is 2.26. The number of aromatic nitrogens is 1. The summed E-state index contributed by atoms with van der Waals surface area (Å²) in [6, 6.07) is 9.43. The highest BCUT2D eigenvalue weighted by Crippen LogP contribution is 2.37. The molecule has 6 heteroatoms. The Hall–Kier alpha value is -2.40. The summed E-state index contributed by atoms with van der Waals surface area (Å²) in [7, 11) is 0. The molecule has 2 aromatic rings. The van der Waals surface area contributed by atoms with E-state index in [4.69, 9.17) is 17.3 Å². The average molecular weight is 344 g/mol. The van der Waals surface area contributed by atoms with Crippen molar-refractivity contribution in [1.29, 1.82) is 0 Å². The molecule has 0 aliphatic heterocycles. The molecule has 0 saturated carbocycles. The van der Waals surface area contributed by atoms with Gasteiger partial charge in [-0.25, -0.2) is 4.98 Å². The summed E-state index contributed by atoms with van der Waals surface area (Å²) < 4.78 is 0. The largest absolute Gasteiger partial charge is 0.366 e. The average Bonchev–Trinajstić information content (AvgIpc) is 2.57. The summed E-state index contributed by atoms with van der Waals surface area (Å²) in [6.45, 7) is 2.19. The minimum absolute atomic E-state index is 0.0708. The van der Waals surface area contributed by atoms with Gasteiger partial charge in [0.25, 0.3) is 5.91 Å². The van der Waals surface area contributed by atoms with Gasteiger partial charge < -0.3 is 11.1 Å². The molecule has 3 rings (SSSR count). The molecule has 0 saturated heterocycles. The Morgan fingerprint density at radius 1 is 1.25 bits per heavy atom.